The summed E-state index contributed by atoms with van der Waals surface area (Å²) in [5, 5.41) is 0. The first-order chi connectivity index (χ1) is 9.31. The van der Waals surface area contributed by atoms with Gasteiger partial charge in [-0.2, -0.15) is 0 Å². The lowest BCUT2D eigenvalue weighted by atomic mass is 10.1. The second-order valence-corrected chi connectivity index (χ2v) is 4.59. The standard InChI is InChI=1S/C12H14BrN5O/c13-10-11(18-14)16-8-17-12(10)19-7-1-2-9-3-5-15-6-4-9/h3-6,8H,1-2,7,14H2,(H,16,17,18). The third-order valence-corrected chi connectivity index (χ3v) is 3.21. The van der Waals surface area contributed by atoms with Gasteiger partial charge in [0.1, 0.15) is 10.8 Å². The van der Waals surface area contributed by atoms with Crippen molar-refractivity contribution in [2.45, 2.75) is 12.8 Å². The van der Waals surface area contributed by atoms with Crippen LogP contribution >= 0.6 is 15.9 Å². The highest BCUT2D eigenvalue weighted by molar-refractivity contribution is 9.10. The summed E-state index contributed by atoms with van der Waals surface area (Å²) in [4.78, 5) is 12.0. The van der Waals surface area contributed by atoms with Gasteiger partial charge in [0.05, 0.1) is 6.61 Å². The zero-order valence-electron chi connectivity index (χ0n) is 10.2. The van der Waals surface area contributed by atoms with E-state index in [0.717, 1.165) is 12.8 Å². The molecule has 7 heteroatoms. The summed E-state index contributed by atoms with van der Waals surface area (Å²) in [6.07, 6.45) is 6.81. The molecule has 100 valence electrons. The first-order valence-electron chi connectivity index (χ1n) is 5.80. The summed E-state index contributed by atoms with van der Waals surface area (Å²) in [6, 6.07) is 3.99. The first kappa shape index (κ1) is 13.7. The summed E-state index contributed by atoms with van der Waals surface area (Å²) in [5.41, 5.74) is 3.71. The number of nitrogens with two attached hydrogens (primary N) is 1. The maximum atomic E-state index is 5.59. The van der Waals surface area contributed by atoms with Crippen molar-refractivity contribution in [3.63, 3.8) is 0 Å². The topological polar surface area (TPSA) is 86.0 Å². The number of nitrogen functional groups attached to an aromatic ring is 1. The number of pyridine rings is 1. The highest BCUT2D eigenvalue weighted by Gasteiger charge is 2.08. The molecule has 0 spiro atoms. The molecule has 0 aliphatic carbocycles. The minimum atomic E-state index is 0.484. The maximum absolute atomic E-state index is 5.59. The van der Waals surface area contributed by atoms with E-state index in [2.05, 4.69) is 36.3 Å². The van der Waals surface area contributed by atoms with Gasteiger partial charge in [-0.15, -0.1) is 0 Å². The normalized spacial score (nSPS) is 10.2. The highest BCUT2D eigenvalue weighted by atomic mass is 79.9. The average molecular weight is 324 g/mol. The molecule has 0 fully saturated rings. The smallest absolute Gasteiger partial charge is 0.233 e. The van der Waals surface area contributed by atoms with E-state index in [1.165, 1.54) is 11.9 Å². The van der Waals surface area contributed by atoms with E-state index in [0.29, 0.717) is 22.8 Å². The first-order valence-corrected chi connectivity index (χ1v) is 6.59. The van der Waals surface area contributed by atoms with Crippen LogP contribution in [0.5, 0.6) is 5.88 Å². The lowest BCUT2D eigenvalue weighted by Gasteiger charge is -2.09. The van der Waals surface area contributed by atoms with Crippen LogP contribution in [0.1, 0.15) is 12.0 Å². The number of hydrogen-bond donors (Lipinski definition) is 2. The van der Waals surface area contributed by atoms with Crippen LogP contribution in [0.4, 0.5) is 5.82 Å². The molecule has 19 heavy (non-hydrogen) atoms. The van der Waals surface area contributed by atoms with Crippen molar-refractivity contribution < 1.29 is 4.74 Å². The second kappa shape index (κ2) is 7.01. The van der Waals surface area contributed by atoms with E-state index < -0.39 is 0 Å². The Bertz CT molecular complexity index is 523. The van der Waals surface area contributed by atoms with Gasteiger partial charge in [-0.05, 0) is 46.5 Å². The minimum absolute atomic E-state index is 0.484. The molecule has 0 aliphatic heterocycles. The number of nitrogens with one attached hydrogen (secondary N) is 1. The molecule has 0 unspecified atom stereocenters. The van der Waals surface area contributed by atoms with E-state index in [-0.39, 0.29) is 0 Å². The molecule has 2 aromatic rings. The molecule has 2 heterocycles. The van der Waals surface area contributed by atoms with Crippen molar-refractivity contribution in [2.75, 3.05) is 12.0 Å². The van der Waals surface area contributed by atoms with Crippen molar-refractivity contribution in [3.05, 3.63) is 40.9 Å². The van der Waals surface area contributed by atoms with Gasteiger partial charge < -0.3 is 10.2 Å². The zero-order valence-corrected chi connectivity index (χ0v) is 11.8. The van der Waals surface area contributed by atoms with Crippen LogP contribution in [-0.4, -0.2) is 21.6 Å². The summed E-state index contributed by atoms with van der Waals surface area (Å²) < 4.78 is 6.22. The molecular weight excluding hydrogens is 310 g/mol. The molecule has 0 radical (unpaired) electrons. The van der Waals surface area contributed by atoms with Crippen LogP contribution in [0.3, 0.4) is 0 Å². The minimum Gasteiger partial charge on any atom is -0.477 e. The second-order valence-electron chi connectivity index (χ2n) is 3.79. The fourth-order valence-corrected chi connectivity index (χ4v) is 1.98. The molecule has 0 amide bonds. The Morgan fingerprint density at radius 3 is 2.79 bits per heavy atom. The number of halogens is 1. The molecule has 0 aliphatic rings. The van der Waals surface area contributed by atoms with E-state index in [1.807, 2.05) is 12.1 Å². The van der Waals surface area contributed by atoms with Crippen molar-refractivity contribution in [2.24, 2.45) is 5.84 Å². The molecule has 0 atom stereocenters. The Morgan fingerprint density at radius 1 is 1.26 bits per heavy atom. The Labute approximate surface area is 119 Å². The number of rotatable bonds is 6. The zero-order chi connectivity index (χ0) is 13.5. The van der Waals surface area contributed by atoms with Gasteiger partial charge in [0.15, 0.2) is 5.82 Å². The summed E-state index contributed by atoms with van der Waals surface area (Å²) in [6.45, 7) is 0.571. The van der Waals surface area contributed by atoms with Crippen molar-refractivity contribution in [3.8, 4) is 5.88 Å². The number of aromatic nitrogens is 3. The fraction of sp³-hybridized carbons (Fsp3) is 0.250. The molecule has 6 nitrogen and oxygen atoms in total. The molecular formula is C12H14BrN5O. The van der Waals surface area contributed by atoms with Gasteiger partial charge in [0.25, 0.3) is 0 Å². The predicted octanol–water partition coefficient (Wildman–Crippen LogP) is 1.93. The maximum Gasteiger partial charge on any atom is 0.233 e. The predicted molar refractivity (Wildman–Crippen MR) is 75.6 cm³/mol. The van der Waals surface area contributed by atoms with Crippen LogP contribution in [0.25, 0.3) is 0 Å². The lowest BCUT2D eigenvalue weighted by molar-refractivity contribution is 0.297. The molecule has 0 bridgehead atoms. The SMILES string of the molecule is NNc1ncnc(OCCCc2ccncc2)c1Br. The number of aryl methyl sites for hydroxylation is 1. The Morgan fingerprint density at radius 2 is 2.05 bits per heavy atom. The molecule has 2 rings (SSSR count). The molecule has 3 N–H and O–H groups in total. The van der Waals surface area contributed by atoms with Crippen LogP contribution in [-0.2, 0) is 6.42 Å². The number of hydrogen-bond acceptors (Lipinski definition) is 6. The fourth-order valence-electron chi connectivity index (χ4n) is 1.55. The Hall–Kier alpha value is -1.73. The van der Waals surface area contributed by atoms with Gasteiger partial charge in [-0.1, -0.05) is 0 Å². The summed E-state index contributed by atoms with van der Waals surface area (Å²) in [7, 11) is 0. The number of hydrazine groups is 1. The quantitative estimate of drug-likeness (QED) is 0.480. The van der Waals surface area contributed by atoms with Gasteiger partial charge >= 0.3 is 0 Å². The molecule has 0 aromatic carbocycles. The average Bonchev–Trinajstić information content (AvgIpc) is 2.46. The third-order valence-electron chi connectivity index (χ3n) is 2.49. The van der Waals surface area contributed by atoms with E-state index in [4.69, 9.17) is 10.6 Å². The van der Waals surface area contributed by atoms with E-state index >= 15 is 0 Å². The molecule has 0 saturated carbocycles. The monoisotopic (exact) mass is 323 g/mol. The van der Waals surface area contributed by atoms with Crippen LogP contribution in [0.2, 0.25) is 0 Å². The number of anilines is 1. The van der Waals surface area contributed by atoms with Crippen molar-refractivity contribution in [1.82, 2.24) is 15.0 Å². The van der Waals surface area contributed by atoms with Crippen molar-refractivity contribution >= 4 is 21.7 Å². The van der Waals surface area contributed by atoms with Crippen LogP contribution < -0.4 is 16.0 Å². The van der Waals surface area contributed by atoms with Gasteiger partial charge in [-0.3, -0.25) is 4.98 Å². The molecule has 2 aromatic heterocycles. The number of nitrogens with zero attached hydrogens (tertiary/aromatic N) is 3. The highest BCUT2D eigenvalue weighted by Crippen LogP contribution is 2.27. The molecule has 0 saturated heterocycles. The van der Waals surface area contributed by atoms with Gasteiger partial charge in [0.2, 0.25) is 5.88 Å². The third kappa shape index (κ3) is 3.87. The summed E-state index contributed by atoms with van der Waals surface area (Å²) >= 11 is 3.34. The van der Waals surface area contributed by atoms with E-state index in [9.17, 15) is 0 Å². The van der Waals surface area contributed by atoms with E-state index in [1.54, 1.807) is 12.4 Å². The summed E-state index contributed by atoms with van der Waals surface area (Å²) in [5.74, 6) is 6.30. The Kier molecular flexibility index (Phi) is 5.05. The number of ether oxygens (including phenoxy) is 1. The largest absolute Gasteiger partial charge is 0.477 e. The van der Waals surface area contributed by atoms with Crippen LogP contribution in [0, 0.1) is 0 Å². The van der Waals surface area contributed by atoms with Gasteiger partial charge in [-0.25, -0.2) is 15.8 Å². The van der Waals surface area contributed by atoms with Crippen molar-refractivity contribution in [1.29, 1.82) is 0 Å². The Balaban J connectivity index is 1.83. The van der Waals surface area contributed by atoms with Crippen LogP contribution in [0.15, 0.2) is 35.3 Å². The van der Waals surface area contributed by atoms with Gasteiger partial charge in [0, 0.05) is 12.4 Å². The lowest BCUT2D eigenvalue weighted by Crippen LogP contribution is -2.10.